The summed E-state index contributed by atoms with van der Waals surface area (Å²) in [5.74, 6) is -1.99. The number of carbonyl (C=O) groups is 4. The van der Waals surface area contributed by atoms with Crippen molar-refractivity contribution in [3.05, 3.63) is 51.4 Å². The SMILES string of the molecule is CCOC(=O)c1c(NC(=O)c2ccc(C(=O)OC)cc2)sc(C(=O)NC)c1C. The molecular formula is C19H20N2O6S. The standard InChI is InChI=1S/C19H20N2O6S/c1-5-27-19(25)13-10(2)14(16(23)20-3)28-17(13)21-15(22)11-6-8-12(9-7-11)18(24)26-4/h6-9H,5H2,1-4H3,(H,20,23)(H,21,22). The minimum atomic E-state index is -0.622. The Morgan fingerprint density at radius 2 is 1.61 bits per heavy atom. The van der Waals surface area contributed by atoms with Gasteiger partial charge < -0.3 is 20.1 Å². The van der Waals surface area contributed by atoms with E-state index in [1.165, 1.54) is 38.4 Å². The molecule has 0 aliphatic rings. The molecule has 0 saturated carbocycles. The van der Waals surface area contributed by atoms with Crippen LogP contribution in [0.1, 0.15) is 53.2 Å². The number of carbonyl (C=O) groups excluding carboxylic acids is 4. The maximum Gasteiger partial charge on any atom is 0.341 e. The third-order valence-corrected chi connectivity index (χ3v) is 5.06. The molecule has 0 unspecified atom stereocenters. The molecule has 0 aliphatic heterocycles. The second-order valence-corrected chi connectivity index (χ2v) is 6.60. The van der Waals surface area contributed by atoms with Crippen molar-refractivity contribution in [3.8, 4) is 0 Å². The van der Waals surface area contributed by atoms with Gasteiger partial charge in [-0.1, -0.05) is 0 Å². The maximum atomic E-state index is 12.6. The van der Waals surface area contributed by atoms with Crippen molar-refractivity contribution in [2.75, 3.05) is 26.1 Å². The van der Waals surface area contributed by atoms with Gasteiger partial charge in [-0.3, -0.25) is 9.59 Å². The Bertz CT molecular complexity index is 917. The molecule has 1 heterocycles. The molecule has 2 amide bonds. The van der Waals surface area contributed by atoms with Gasteiger partial charge in [0.2, 0.25) is 0 Å². The highest BCUT2D eigenvalue weighted by Crippen LogP contribution is 2.34. The van der Waals surface area contributed by atoms with Crippen LogP contribution in [0.5, 0.6) is 0 Å². The quantitative estimate of drug-likeness (QED) is 0.716. The summed E-state index contributed by atoms with van der Waals surface area (Å²) in [6.07, 6.45) is 0. The van der Waals surface area contributed by atoms with Crippen molar-refractivity contribution < 1.29 is 28.7 Å². The van der Waals surface area contributed by atoms with Gasteiger partial charge in [0.15, 0.2) is 0 Å². The van der Waals surface area contributed by atoms with Crippen molar-refractivity contribution in [1.82, 2.24) is 5.32 Å². The van der Waals surface area contributed by atoms with E-state index >= 15 is 0 Å². The van der Waals surface area contributed by atoms with E-state index in [1.807, 2.05) is 0 Å². The van der Waals surface area contributed by atoms with E-state index < -0.39 is 17.8 Å². The average molecular weight is 404 g/mol. The first-order chi connectivity index (χ1) is 13.3. The van der Waals surface area contributed by atoms with E-state index in [2.05, 4.69) is 15.4 Å². The molecule has 2 rings (SSSR count). The number of esters is 2. The molecule has 2 aromatic rings. The molecule has 8 nitrogen and oxygen atoms in total. The number of amides is 2. The summed E-state index contributed by atoms with van der Waals surface area (Å²) in [5, 5.41) is 5.37. The van der Waals surface area contributed by atoms with Crippen LogP contribution in [0.4, 0.5) is 5.00 Å². The van der Waals surface area contributed by atoms with E-state index in [-0.39, 0.29) is 28.6 Å². The molecule has 0 atom stereocenters. The molecule has 9 heteroatoms. The molecule has 0 bridgehead atoms. The third-order valence-electron chi connectivity index (χ3n) is 3.85. The van der Waals surface area contributed by atoms with Crippen LogP contribution in [0.15, 0.2) is 24.3 Å². The van der Waals surface area contributed by atoms with Gasteiger partial charge in [0.05, 0.1) is 29.7 Å². The number of methoxy groups -OCH3 is 1. The number of hydrogen-bond donors (Lipinski definition) is 2. The van der Waals surface area contributed by atoms with Crippen molar-refractivity contribution in [2.24, 2.45) is 0 Å². The van der Waals surface area contributed by atoms with Gasteiger partial charge in [-0.25, -0.2) is 9.59 Å². The summed E-state index contributed by atoms with van der Waals surface area (Å²) in [6, 6.07) is 5.85. The lowest BCUT2D eigenvalue weighted by Crippen LogP contribution is -2.18. The summed E-state index contributed by atoms with van der Waals surface area (Å²) in [6.45, 7) is 3.44. The smallest absolute Gasteiger partial charge is 0.341 e. The Morgan fingerprint density at radius 1 is 1.00 bits per heavy atom. The van der Waals surface area contributed by atoms with Crippen LogP contribution in [0.2, 0.25) is 0 Å². The fourth-order valence-electron chi connectivity index (χ4n) is 2.43. The largest absolute Gasteiger partial charge is 0.465 e. The van der Waals surface area contributed by atoms with Crippen molar-refractivity contribution in [1.29, 1.82) is 0 Å². The van der Waals surface area contributed by atoms with Gasteiger partial charge >= 0.3 is 11.9 Å². The Labute approximate surface area is 165 Å². The van der Waals surface area contributed by atoms with Crippen LogP contribution in [-0.4, -0.2) is 44.5 Å². The van der Waals surface area contributed by atoms with Gasteiger partial charge in [0, 0.05) is 12.6 Å². The van der Waals surface area contributed by atoms with E-state index in [1.54, 1.807) is 13.8 Å². The first-order valence-electron chi connectivity index (χ1n) is 8.36. The van der Waals surface area contributed by atoms with E-state index in [4.69, 9.17) is 4.74 Å². The van der Waals surface area contributed by atoms with E-state index in [0.29, 0.717) is 16.0 Å². The van der Waals surface area contributed by atoms with Crippen molar-refractivity contribution >= 4 is 40.1 Å². The fraction of sp³-hybridized carbons (Fsp3) is 0.263. The normalized spacial score (nSPS) is 10.1. The molecule has 0 fully saturated rings. The summed E-state index contributed by atoms with van der Waals surface area (Å²) >= 11 is 0.989. The Kier molecular flexibility index (Phi) is 6.89. The highest BCUT2D eigenvalue weighted by atomic mass is 32.1. The van der Waals surface area contributed by atoms with Gasteiger partial charge in [-0.2, -0.15) is 0 Å². The summed E-state index contributed by atoms with van der Waals surface area (Å²) in [4.78, 5) is 48.8. The van der Waals surface area contributed by atoms with Gasteiger partial charge in [0.1, 0.15) is 5.00 Å². The van der Waals surface area contributed by atoms with Crippen molar-refractivity contribution in [2.45, 2.75) is 13.8 Å². The Morgan fingerprint density at radius 3 is 2.14 bits per heavy atom. The zero-order valence-electron chi connectivity index (χ0n) is 15.9. The van der Waals surface area contributed by atoms with Crippen LogP contribution in [0, 0.1) is 6.92 Å². The molecule has 0 saturated heterocycles. The molecule has 148 valence electrons. The number of hydrogen-bond acceptors (Lipinski definition) is 7. The predicted octanol–water partition coefficient (Wildman–Crippen LogP) is 2.63. The lowest BCUT2D eigenvalue weighted by atomic mass is 10.1. The number of thiophene rings is 1. The van der Waals surface area contributed by atoms with E-state index in [0.717, 1.165) is 11.3 Å². The number of rotatable bonds is 6. The summed E-state index contributed by atoms with van der Waals surface area (Å²) in [5.41, 5.74) is 1.15. The fourth-order valence-corrected chi connectivity index (χ4v) is 3.57. The van der Waals surface area contributed by atoms with E-state index in [9.17, 15) is 19.2 Å². The minimum absolute atomic E-state index is 0.144. The highest BCUT2D eigenvalue weighted by molar-refractivity contribution is 7.18. The molecule has 1 aromatic carbocycles. The third kappa shape index (κ3) is 4.37. The number of anilines is 1. The van der Waals surface area contributed by atoms with Gasteiger partial charge in [-0.15, -0.1) is 11.3 Å². The minimum Gasteiger partial charge on any atom is -0.465 e. The van der Waals surface area contributed by atoms with Crippen LogP contribution in [-0.2, 0) is 9.47 Å². The first kappa shape index (κ1) is 21.1. The van der Waals surface area contributed by atoms with Gasteiger partial charge in [0.25, 0.3) is 11.8 Å². The zero-order valence-corrected chi connectivity index (χ0v) is 16.7. The van der Waals surface area contributed by atoms with Crippen molar-refractivity contribution in [3.63, 3.8) is 0 Å². The Hall–Kier alpha value is -3.20. The molecule has 0 aliphatic carbocycles. The molecule has 0 spiro atoms. The van der Waals surface area contributed by atoms with Gasteiger partial charge in [-0.05, 0) is 43.7 Å². The lowest BCUT2D eigenvalue weighted by molar-refractivity contribution is 0.0526. The highest BCUT2D eigenvalue weighted by Gasteiger charge is 2.26. The topological polar surface area (TPSA) is 111 Å². The van der Waals surface area contributed by atoms with Crippen LogP contribution in [0.25, 0.3) is 0 Å². The molecule has 0 radical (unpaired) electrons. The predicted molar refractivity (Wildman–Crippen MR) is 104 cm³/mol. The molecule has 2 N–H and O–H groups in total. The van der Waals surface area contributed by atoms with Crippen LogP contribution < -0.4 is 10.6 Å². The molecule has 1 aromatic heterocycles. The molecule has 28 heavy (non-hydrogen) atoms. The second kappa shape index (κ2) is 9.14. The average Bonchev–Trinajstić information content (AvgIpc) is 3.02. The maximum absolute atomic E-state index is 12.6. The zero-order chi connectivity index (χ0) is 20.8. The lowest BCUT2D eigenvalue weighted by Gasteiger charge is -2.07. The number of nitrogens with one attached hydrogen (secondary N) is 2. The first-order valence-corrected chi connectivity index (χ1v) is 9.17. The summed E-state index contributed by atoms with van der Waals surface area (Å²) < 4.78 is 9.67. The number of benzene rings is 1. The second-order valence-electron chi connectivity index (χ2n) is 5.58. The van der Waals surface area contributed by atoms with Crippen LogP contribution >= 0.6 is 11.3 Å². The Balaban J connectivity index is 2.35. The monoisotopic (exact) mass is 404 g/mol. The number of ether oxygens (including phenoxy) is 2. The molecular weight excluding hydrogens is 384 g/mol. The van der Waals surface area contributed by atoms with Crippen LogP contribution in [0.3, 0.4) is 0 Å². The summed E-state index contributed by atoms with van der Waals surface area (Å²) in [7, 11) is 2.75.